The maximum Gasteiger partial charge on any atom is 0.254 e. The SMILES string of the molecule is COc1ccc2c(c1)C(=O)N(C[C@@]1(c3cc4nc(N5CCNCC5)ccc4o3)CC(=O)NC1=O)C2. The van der Waals surface area contributed by atoms with E-state index in [1.165, 1.54) is 0 Å². The molecule has 2 aromatic heterocycles. The third-order valence-electron chi connectivity index (χ3n) is 7.08. The normalized spacial score (nSPS) is 22.1. The predicted molar refractivity (Wildman–Crippen MR) is 126 cm³/mol. The van der Waals surface area contributed by atoms with Crippen LogP contribution in [0.2, 0.25) is 0 Å². The minimum atomic E-state index is -1.32. The summed E-state index contributed by atoms with van der Waals surface area (Å²) in [7, 11) is 1.55. The molecule has 0 bridgehead atoms. The summed E-state index contributed by atoms with van der Waals surface area (Å²) in [5.74, 6) is 0.696. The highest BCUT2D eigenvalue weighted by molar-refractivity contribution is 6.10. The number of aromatic nitrogens is 1. The van der Waals surface area contributed by atoms with Crippen LogP contribution in [-0.2, 0) is 21.5 Å². The van der Waals surface area contributed by atoms with Gasteiger partial charge in [-0.15, -0.1) is 0 Å². The number of hydrogen-bond acceptors (Lipinski definition) is 8. The average Bonchev–Trinajstić information content (AvgIpc) is 3.53. The van der Waals surface area contributed by atoms with Gasteiger partial charge in [-0.1, -0.05) is 6.07 Å². The molecular weight excluding hydrogens is 450 g/mol. The van der Waals surface area contributed by atoms with Gasteiger partial charge in [0.1, 0.15) is 28.3 Å². The van der Waals surface area contributed by atoms with Gasteiger partial charge in [0.15, 0.2) is 5.58 Å². The van der Waals surface area contributed by atoms with Crippen molar-refractivity contribution in [3.8, 4) is 5.75 Å². The summed E-state index contributed by atoms with van der Waals surface area (Å²) in [4.78, 5) is 47.3. The molecule has 3 aliphatic heterocycles. The van der Waals surface area contributed by atoms with Crippen LogP contribution in [0.4, 0.5) is 5.82 Å². The molecule has 2 saturated heterocycles. The van der Waals surface area contributed by atoms with Crippen LogP contribution < -0.4 is 20.3 Å². The number of nitrogens with one attached hydrogen (secondary N) is 2. The first-order valence-corrected chi connectivity index (χ1v) is 11.6. The molecule has 1 aromatic carbocycles. The quantitative estimate of drug-likeness (QED) is 0.529. The van der Waals surface area contributed by atoms with Gasteiger partial charge in [-0.3, -0.25) is 19.7 Å². The number of rotatable bonds is 5. The van der Waals surface area contributed by atoms with Crippen molar-refractivity contribution in [3.63, 3.8) is 0 Å². The van der Waals surface area contributed by atoms with E-state index >= 15 is 0 Å². The first-order chi connectivity index (χ1) is 17.0. The number of methoxy groups -OCH3 is 1. The molecule has 0 spiro atoms. The molecule has 5 heterocycles. The Bertz CT molecular complexity index is 1360. The summed E-state index contributed by atoms with van der Waals surface area (Å²) in [5, 5.41) is 5.73. The third-order valence-corrected chi connectivity index (χ3v) is 7.08. The number of pyridine rings is 1. The topological polar surface area (TPSA) is 117 Å². The van der Waals surface area contributed by atoms with Crippen molar-refractivity contribution >= 4 is 34.6 Å². The molecule has 3 aliphatic rings. The Labute approximate surface area is 201 Å². The second-order valence-corrected chi connectivity index (χ2v) is 9.22. The van der Waals surface area contributed by atoms with Crippen LogP contribution in [0.1, 0.15) is 28.1 Å². The summed E-state index contributed by atoms with van der Waals surface area (Å²) < 4.78 is 11.4. The van der Waals surface area contributed by atoms with Crippen LogP contribution in [-0.4, -0.2) is 67.4 Å². The van der Waals surface area contributed by atoms with Crippen LogP contribution >= 0.6 is 0 Å². The van der Waals surface area contributed by atoms with E-state index in [4.69, 9.17) is 14.1 Å². The zero-order valence-electron chi connectivity index (χ0n) is 19.3. The monoisotopic (exact) mass is 475 g/mol. The smallest absolute Gasteiger partial charge is 0.254 e. The molecule has 3 aromatic rings. The maximum absolute atomic E-state index is 13.2. The highest BCUT2D eigenvalue weighted by Crippen LogP contribution is 2.39. The minimum Gasteiger partial charge on any atom is -0.497 e. The van der Waals surface area contributed by atoms with Gasteiger partial charge in [0.2, 0.25) is 11.8 Å². The number of anilines is 1. The van der Waals surface area contributed by atoms with Gasteiger partial charge in [-0.05, 0) is 29.8 Å². The van der Waals surface area contributed by atoms with E-state index in [9.17, 15) is 14.4 Å². The number of nitrogens with zero attached hydrogens (tertiary/aromatic N) is 3. The summed E-state index contributed by atoms with van der Waals surface area (Å²) in [5.41, 5.74) is 1.21. The number of amides is 3. The molecule has 180 valence electrons. The van der Waals surface area contributed by atoms with E-state index in [2.05, 4.69) is 15.5 Å². The number of carbonyl (C=O) groups excluding carboxylic acids is 3. The third kappa shape index (κ3) is 3.52. The second kappa shape index (κ2) is 8.09. The van der Waals surface area contributed by atoms with Gasteiger partial charge >= 0.3 is 0 Å². The zero-order chi connectivity index (χ0) is 24.2. The summed E-state index contributed by atoms with van der Waals surface area (Å²) >= 11 is 0. The van der Waals surface area contributed by atoms with Crippen LogP contribution in [0.25, 0.3) is 11.1 Å². The zero-order valence-corrected chi connectivity index (χ0v) is 19.3. The van der Waals surface area contributed by atoms with Crippen molar-refractivity contribution in [2.24, 2.45) is 0 Å². The van der Waals surface area contributed by atoms with Gasteiger partial charge in [-0.25, -0.2) is 4.98 Å². The summed E-state index contributed by atoms with van der Waals surface area (Å²) in [6.07, 6.45) is -0.0975. The highest BCUT2D eigenvalue weighted by Gasteiger charge is 2.53. The van der Waals surface area contributed by atoms with E-state index in [0.29, 0.717) is 34.7 Å². The van der Waals surface area contributed by atoms with Gasteiger partial charge in [0, 0.05) is 50.9 Å². The van der Waals surface area contributed by atoms with Crippen molar-refractivity contribution in [2.75, 3.05) is 44.7 Å². The first kappa shape index (κ1) is 21.6. The number of ether oxygens (including phenoxy) is 1. The minimum absolute atomic E-state index is 0.0187. The van der Waals surface area contributed by atoms with Gasteiger partial charge in [0.05, 0.1) is 13.5 Å². The van der Waals surface area contributed by atoms with Crippen molar-refractivity contribution in [1.29, 1.82) is 0 Å². The van der Waals surface area contributed by atoms with Crippen molar-refractivity contribution in [3.05, 3.63) is 53.3 Å². The number of hydrogen-bond donors (Lipinski definition) is 2. The van der Waals surface area contributed by atoms with Crippen molar-refractivity contribution < 1.29 is 23.5 Å². The van der Waals surface area contributed by atoms with E-state index in [1.54, 1.807) is 30.2 Å². The van der Waals surface area contributed by atoms with Crippen LogP contribution in [0.15, 0.2) is 40.8 Å². The Kier molecular flexibility index (Phi) is 4.99. The summed E-state index contributed by atoms with van der Waals surface area (Å²) in [6.45, 7) is 3.84. The number of benzene rings is 1. The Hall–Kier alpha value is -3.92. The molecule has 3 amide bonds. The molecule has 0 unspecified atom stereocenters. The fraction of sp³-hybridized carbons (Fsp3) is 0.360. The molecule has 35 heavy (non-hydrogen) atoms. The van der Waals surface area contributed by atoms with Crippen LogP contribution in [0, 0.1) is 0 Å². The van der Waals surface area contributed by atoms with Crippen LogP contribution in [0.5, 0.6) is 5.75 Å². The van der Waals surface area contributed by atoms with Gasteiger partial charge < -0.3 is 24.3 Å². The first-order valence-electron chi connectivity index (χ1n) is 11.6. The molecule has 6 rings (SSSR count). The Morgan fingerprint density at radius 2 is 1.94 bits per heavy atom. The number of imide groups is 1. The molecule has 0 aliphatic carbocycles. The highest BCUT2D eigenvalue weighted by atomic mass is 16.5. The largest absolute Gasteiger partial charge is 0.497 e. The number of carbonyl (C=O) groups is 3. The lowest BCUT2D eigenvalue weighted by Crippen LogP contribution is -2.46. The Balaban J connectivity index is 1.35. The molecule has 10 nitrogen and oxygen atoms in total. The fourth-order valence-electron chi connectivity index (χ4n) is 5.19. The van der Waals surface area contributed by atoms with E-state index < -0.39 is 17.2 Å². The number of furan rings is 1. The molecule has 1 atom stereocenters. The van der Waals surface area contributed by atoms with Gasteiger partial charge in [0.25, 0.3) is 5.91 Å². The molecule has 2 fully saturated rings. The molecule has 10 heteroatoms. The number of piperazine rings is 1. The molecule has 0 radical (unpaired) electrons. The number of fused-ring (bicyclic) bond motifs is 2. The Morgan fingerprint density at radius 3 is 2.69 bits per heavy atom. The van der Waals surface area contributed by atoms with Crippen molar-refractivity contribution in [2.45, 2.75) is 18.4 Å². The molecular formula is C25H25N5O5. The van der Waals surface area contributed by atoms with Crippen molar-refractivity contribution in [1.82, 2.24) is 20.5 Å². The standard InChI is InChI=1S/C25H25N5O5/c1-34-16-3-2-15-13-30(23(32)17(15)10-16)14-25(12-22(31)28-24(25)33)20-11-18-19(35-20)4-5-21(27-18)29-8-6-26-7-9-29/h2-5,10-11,26H,6-9,12-14H2,1H3,(H,28,31,33)/t25-/m1/s1. The van der Waals surface area contributed by atoms with E-state index in [-0.39, 0.29) is 18.9 Å². The van der Waals surface area contributed by atoms with E-state index in [0.717, 1.165) is 37.6 Å². The Morgan fingerprint density at radius 1 is 1.11 bits per heavy atom. The summed E-state index contributed by atoms with van der Waals surface area (Å²) in [6, 6.07) is 10.8. The average molecular weight is 476 g/mol. The lowest BCUT2D eigenvalue weighted by atomic mass is 9.82. The molecule has 0 saturated carbocycles. The van der Waals surface area contributed by atoms with Crippen LogP contribution in [0.3, 0.4) is 0 Å². The second-order valence-electron chi connectivity index (χ2n) is 9.22. The lowest BCUT2D eigenvalue weighted by molar-refractivity contribution is -0.127. The predicted octanol–water partition coefficient (Wildman–Crippen LogP) is 1.19. The lowest BCUT2D eigenvalue weighted by Gasteiger charge is -2.28. The molecule has 2 N–H and O–H groups in total. The maximum atomic E-state index is 13.2. The fourth-order valence-corrected chi connectivity index (χ4v) is 5.19. The van der Waals surface area contributed by atoms with E-state index in [1.807, 2.05) is 18.2 Å². The van der Waals surface area contributed by atoms with Gasteiger partial charge in [-0.2, -0.15) is 0 Å².